The van der Waals surface area contributed by atoms with Crippen molar-refractivity contribution in [2.75, 3.05) is 5.73 Å². The Labute approximate surface area is 146 Å². The van der Waals surface area contributed by atoms with Crippen molar-refractivity contribution in [3.05, 3.63) is 53.1 Å². The molecular weight excluding hydrogens is 328 g/mol. The maximum absolute atomic E-state index is 11.7. The van der Waals surface area contributed by atoms with Gasteiger partial charge in [0.15, 0.2) is 5.75 Å². The van der Waals surface area contributed by atoms with Gasteiger partial charge in [-0.05, 0) is 50.6 Å². The van der Waals surface area contributed by atoms with Gasteiger partial charge in [-0.3, -0.25) is 0 Å². The normalized spacial score (nSPS) is 11.0. The topological polar surface area (TPSA) is 73.6 Å². The van der Waals surface area contributed by atoms with E-state index in [0.29, 0.717) is 28.8 Å². The number of carbonyl (C=O) groups excluding carboxylic acids is 1. The van der Waals surface area contributed by atoms with Crippen LogP contribution in [0.3, 0.4) is 0 Å². The molecule has 0 aliphatic rings. The smallest absolute Gasteiger partial charge is 0.407 e. The fourth-order valence-electron chi connectivity index (χ4n) is 1.93. The van der Waals surface area contributed by atoms with Crippen molar-refractivity contribution in [3.8, 4) is 11.5 Å². The maximum Gasteiger partial charge on any atom is 0.407 e. The molecule has 2 aromatic carbocycles. The molecule has 6 heteroatoms. The third-order valence-electron chi connectivity index (χ3n) is 2.94. The van der Waals surface area contributed by atoms with Crippen molar-refractivity contribution in [3.63, 3.8) is 0 Å². The van der Waals surface area contributed by atoms with Crippen LogP contribution in [0.5, 0.6) is 11.5 Å². The Bertz CT molecular complexity index is 726. The van der Waals surface area contributed by atoms with Gasteiger partial charge in [0.1, 0.15) is 11.4 Å². The van der Waals surface area contributed by atoms with Crippen molar-refractivity contribution < 1.29 is 14.3 Å². The summed E-state index contributed by atoms with van der Waals surface area (Å²) in [7, 11) is 0. The number of anilines is 1. The molecule has 0 bridgehead atoms. The van der Waals surface area contributed by atoms with Crippen LogP contribution in [0.1, 0.15) is 26.3 Å². The van der Waals surface area contributed by atoms with Crippen molar-refractivity contribution in [2.24, 2.45) is 0 Å². The molecule has 0 fully saturated rings. The lowest BCUT2D eigenvalue weighted by atomic mass is 10.2. The fraction of sp³-hybridized carbons (Fsp3) is 0.278. The van der Waals surface area contributed by atoms with Gasteiger partial charge < -0.3 is 20.5 Å². The number of alkyl carbamates (subject to hydrolysis) is 1. The first-order chi connectivity index (χ1) is 11.2. The van der Waals surface area contributed by atoms with Crippen LogP contribution >= 0.6 is 11.6 Å². The van der Waals surface area contributed by atoms with Crippen LogP contribution in [0.4, 0.5) is 10.5 Å². The molecule has 0 aromatic heterocycles. The SMILES string of the molecule is CC(C)(C)OC(=O)NCc1cccc(Oc2cc(Cl)ccc2N)c1. The fourth-order valence-corrected chi connectivity index (χ4v) is 2.09. The highest BCUT2D eigenvalue weighted by Crippen LogP contribution is 2.30. The molecule has 5 nitrogen and oxygen atoms in total. The van der Waals surface area contributed by atoms with E-state index in [1.165, 1.54) is 0 Å². The number of hydrogen-bond acceptors (Lipinski definition) is 4. The molecule has 0 spiro atoms. The number of hydrogen-bond donors (Lipinski definition) is 2. The number of carbonyl (C=O) groups is 1. The third kappa shape index (κ3) is 5.66. The lowest BCUT2D eigenvalue weighted by Crippen LogP contribution is -2.32. The number of nitrogen functional groups attached to an aromatic ring is 1. The molecule has 0 unspecified atom stereocenters. The molecule has 0 saturated heterocycles. The predicted molar refractivity (Wildman–Crippen MR) is 95.5 cm³/mol. The van der Waals surface area contributed by atoms with Crippen molar-refractivity contribution in [2.45, 2.75) is 32.9 Å². The summed E-state index contributed by atoms with van der Waals surface area (Å²) in [6.45, 7) is 5.78. The van der Waals surface area contributed by atoms with E-state index in [2.05, 4.69) is 5.32 Å². The first-order valence-electron chi connectivity index (χ1n) is 7.51. The van der Waals surface area contributed by atoms with Gasteiger partial charge in [-0.15, -0.1) is 0 Å². The molecule has 128 valence electrons. The van der Waals surface area contributed by atoms with E-state index in [1.807, 2.05) is 39.0 Å². The summed E-state index contributed by atoms with van der Waals surface area (Å²) in [5.74, 6) is 1.09. The predicted octanol–water partition coefficient (Wildman–Crippen LogP) is 4.74. The Morgan fingerprint density at radius 3 is 2.67 bits per heavy atom. The van der Waals surface area contributed by atoms with Gasteiger partial charge in [0.2, 0.25) is 0 Å². The number of nitrogens with one attached hydrogen (secondary N) is 1. The first-order valence-corrected chi connectivity index (χ1v) is 7.89. The summed E-state index contributed by atoms with van der Waals surface area (Å²) in [6, 6.07) is 12.4. The van der Waals surface area contributed by atoms with Gasteiger partial charge in [0, 0.05) is 17.6 Å². The molecule has 0 atom stereocenters. The number of nitrogens with two attached hydrogens (primary N) is 1. The van der Waals surface area contributed by atoms with Crippen LogP contribution in [-0.4, -0.2) is 11.7 Å². The number of amides is 1. The van der Waals surface area contributed by atoms with Crippen molar-refractivity contribution in [1.29, 1.82) is 0 Å². The largest absolute Gasteiger partial charge is 0.455 e. The van der Waals surface area contributed by atoms with E-state index >= 15 is 0 Å². The summed E-state index contributed by atoms with van der Waals surface area (Å²) in [5, 5.41) is 3.25. The van der Waals surface area contributed by atoms with E-state index in [4.69, 9.17) is 26.8 Å². The molecule has 1 amide bonds. The highest BCUT2D eigenvalue weighted by molar-refractivity contribution is 6.30. The standard InChI is InChI=1S/C18H21ClN2O3/c1-18(2,3)24-17(22)21-11-12-5-4-6-14(9-12)23-16-10-13(19)7-8-15(16)20/h4-10H,11,20H2,1-3H3,(H,21,22). The lowest BCUT2D eigenvalue weighted by Gasteiger charge is -2.19. The second-order valence-electron chi connectivity index (χ2n) is 6.29. The van der Waals surface area contributed by atoms with Gasteiger partial charge in [-0.1, -0.05) is 23.7 Å². The Hall–Kier alpha value is -2.40. The van der Waals surface area contributed by atoms with Crippen molar-refractivity contribution >= 4 is 23.4 Å². The zero-order chi connectivity index (χ0) is 17.7. The molecule has 3 N–H and O–H groups in total. The highest BCUT2D eigenvalue weighted by Gasteiger charge is 2.15. The molecule has 0 aliphatic carbocycles. The zero-order valence-electron chi connectivity index (χ0n) is 13.9. The van der Waals surface area contributed by atoms with Crippen LogP contribution < -0.4 is 15.8 Å². The van der Waals surface area contributed by atoms with Crippen molar-refractivity contribution in [1.82, 2.24) is 5.32 Å². The second-order valence-corrected chi connectivity index (χ2v) is 6.72. The minimum Gasteiger partial charge on any atom is -0.455 e. The van der Waals surface area contributed by atoms with Crippen LogP contribution in [-0.2, 0) is 11.3 Å². The molecular formula is C18H21ClN2O3. The quantitative estimate of drug-likeness (QED) is 0.783. The van der Waals surface area contributed by atoms with Crippen LogP contribution in [0.15, 0.2) is 42.5 Å². The monoisotopic (exact) mass is 348 g/mol. The van der Waals surface area contributed by atoms with E-state index < -0.39 is 11.7 Å². The van der Waals surface area contributed by atoms with E-state index in [9.17, 15) is 4.79 Å². The summed E-state index contributed by atoms with van der Waals surface area (Å²) in [4.78, 5) is 11.7. The Morgan fingerprint density at radius 2 is 1.96 bits per heavy atom. The average molecular weight is 349 g/mol. The number of halogens is 1. The molecule has 2 aromatic rings. The Morgan fingerprint density at radius 1 is 1.21 bits per heavy atom. The Balaban J connectivity index is 2.01. The highest BCUT2D eigenvalue weighted by atomic mass is 35.5. The van der Waals surface area contributed by atoms with Gasteiger partial charge in [-0.25, -0.2) is 4.79 Å². The van der Waals surface area contributed by atoms with Crippen LogP contribution in [0.2, 0.25) is 5.02 Å². The molecule has 2 rings (SSSR count). The summed E-state index contributed by atoms with van der Waals surface area (Å²) < 4.78 is 11.0. The summed E-state index contributed by atoms with van der Waals surface area (Å²) in [5.41, 5.74) is 6.72. The third-order valence-corrected chi connectivity index (χ3v) is 3.17. The van der Waals surface area contributed by atoms with E-state index in [0.717, 1.165) is 5.56 Å². The van der Waals surface area contributed by atoms with Gasteiger partial charge in [0.05, 0.1) is 5.69 Å². The molecule has 0 radical (unpaired) electrons. The molecule has 0 heterocycles. The second kappa shape index (κ2) is 7.45. The van der Waals surface area contributed by atoms with Crippen LogP contribution in [0.25, 0.3) is 0 Å². The minimum atomic E-state index is -0.529. The van der Waals surface area contributed by atoms with Crippen LogP contribution in [0, 0.1) is 0 Å². The zero-order valence-corrected chi connectivity index (χ0v) is 14.7. The first kappa shape index (κ1) is 17.9. The average Bonchev–Trinajstić information content (AvgIpc) is 2.48. The number of ether oxygens (including phenoxy) is 2. The summed E-state index contributed by atoms with van der Waals surface area (Å²) >= 11 is 5.95. The van der Waals surface area contributed by atoms with E-state index in [-0.39, 0.29) is 0 Å². The summed E-state index contributed by atoms with van der Waals surface area (Å²) in [6.07, 6.45) is -0.465. The van der Waals surface area contributed by atoms with E-state index in [1.54, 1.807) is 24.3 Å². The Kier molecular flexibility index (Phi) is 5.57. The number of benzene rings is 2. The lowest BCUT2D eigenvalue weighted by molar-refractivity contribution is 0.0523. The minimum absolute atomic E-state index is 0.330. The molecule has 0 aliphatic heterocycles. The molecule has 24 heavy (non-hydrogen) atoms. The van der Waals surface area contributed by atoms with Gasteiger partial charge in [0.25, 0.3) is 0 Å². The maximum atomic E-state index is 11.7. The molecule has 0 saturated carbocycles. The van der Waals surface area contributed by atoms with Gasteiger partial charge in [-0.2, -0.15) is 0 Å². The van der Waals surface area contributed by atoms with Gasteiger partial charge >= 0.3 is 6.09 Å². The number of rotatable bonds is 4.